The molecule has 0 amide bonds. The Bertz CT molecular complexity index is 4260. The van der Waals surface area contributed by atoms with Gasteiger partial charge in [0.25, 0.3) is 0 Å². The molecule has 0 bridgehead atoms. The third kappa shape index (κ3) is 9.57. The molecule has 81 heavy (non-hydrogen) atoms. The number of benzene rings is 11. The summed E-state index contributed by atoms with van der Waals surface area (Å²) in [6.07, 6.45) is 0. The molecule has 0 fully saturated rings. The SMILES string of the molecule is N#Cc1ccc(-c2cc(-c3ccc(-c4ccc(-c5ccc(-n6c7ccc(N(c8ccccc8)c8ccccc8)cc7c7cc(N(c8ccccc8)c8ccccc8)ccc76)cc5)cc4)c(C#N)c3)nc(-c3ccc(C#N)cc3)n2)cc1. The Morgan fingerprint density at radius 1 is 0.309 bits per heavy atom. The minimum atomic E-state index is 0.477. The first-order valence-corrected chi connectivity index (χ1v) is 26.5. The van der Waals surface area contributed by atoms with Crippen LogP contribution in [0.1, 0.15) is 16.7 Å². The van der Waals surface area contributed by atoms with Crippen molar-refractivity contribution in [2.24, 2.45) is 0 Å². The summed E-state index contributed by atoms with van der Waals surface area (Å²) in [6.45, 7) is 0. The highest BCUT2D eigenvalue weighted by Gasteiger charge is 2.21. The van der Waals surface area contributed by atoms with Gasteiger partial charge in [-0.1, -0.05) is 133 Å². The lowest BCUT2D eigenvalue weighted by Gasteiger charge is -2.26. The third-order valence-corrected chi connectivity index (χ3v) is 14.7. The van der Waals surface area contributed by atoms with E-state index in [1.54, 1.807) is 24.3 Å². The van der Waals surface area contributed by atoms with E-state index in [1.165, 1.54) is 0 Å². The van der Waals surface area contributed by atoms with Crippen molar-refractivity contribution in [3.63, 3.8) is 0 Å². The second kappa shape index (κ2) is 21.4. The number of nitriles is 3. The summed E-state index contributed by atoms with van der Waals surface area (Å²) in [6, 6.07) is 102. The lowest BCUT2D eigenvalue weighted by Crippen LogP contribution is -2.09. The highest BCUT2D eigenvalue weighted by Crippen LogP contribution is 2.43. The average molecular weight is 1040 g/mol. The van der Waals surface area contributed by atoms with E-state index in [9.17, 15) is 15.8 Å². The molecule has 0 saturated carbocycles. The average Bonchev–Trinajstić information content (AvgIpc) is 4.00. The second-order valence-corrected chi connectivity index (χ2v) is 19.6. The van der Waals surface area contributed by atoms with Crippen molar-refractivity contribution in [3.05, 3.63) is 296 Å². The van der Waals surface area contributed by atoms with Crippen LogP contribution in [0.5, 0.6) is 0 Å². The van der Waals surface area contributed by atoms with Gasteiger partial charge in [-0.05, 0) is 168 Å². The third-order valence-electron chi connectivity index (χ3n) is 14.7. The van der Waals surface area contributed by atoms with E-state index in [1.807, 2.05) is 48.5 Å². The predicted octanol–water partition coefficient (Wildman–Crippen LogP) is 18.5. The molecule has 378 valence electrons. The van der Waals surface area contributed by atoms with Crippen molar-refractivity contribution in [2.45, 2.75) is 0 Å². The number of anilines is 6. The summed E-state index contributed by atoms with van der Waals surface area (Å²) < 4.78 is 2.37. The number of hydrogen-bond donors (Lipinski definition) is 0. The fourth-order valence-electron chi connectivity index (χ4n) is 10.7. The molecule has 0 atom stereocenters. The van der Waals surface area contributed by atoms with Crippen molar-refractivity contribution in [1.82, 2.24) is 14.5 Å². The standard InChI is InChI=1S/C73H46N8/c74-47-50-21-25-55(26-22-50)69-46-70(78-73(77-69)56-27-23-51(48-75)24-28-56)57-35-40-66(58(43-57)49-76)54-31-29-52(30-32-54)53-33-36-63(37-34-53)81-71-41-38-64(79(59-13-5-1-6-14-59)60-15-7-2-8-16-60)44-67(71)68-45-65(39-42-72(68)81)80(61-17-9-3-10-18-61)62-19-11-4-12-20-62/h1-46H. The highest BCUT2D eigenvalue weighted by atomic mass is 15.1. The second-order valence-electron chi connectivity index (χ2n) is 19.6. The van der Waals surface area contributed by atoms with Crippen LogP contribution >= 0.6 is 0 Å². The molecule has 2 heterocycles. The number of hydrogen-bond acceptors (Lipinski definition) is 7. The van der Waals surface area contributed by atoms with Crippen LogP contribution in [0.3, 0.4) is 0 Å². The molecule has 0 aliphatic rings. The molecule has 8 heteroatoms. The normalized spacial score (nSPS) is 10.9. The quantitative estimate of drug-likeness (QED) is 0.120. The van der Waals surface area contributed by atoms with Crippen LogP contribution in [0.4, 0.5) is 34.1 Å². The zero-order valence-electron chi connectivity index (χ0n) is 43.6. The van der Waals surface area contributed by atoms with Crippen LogP contribution in [0.15, 0.2) is 279 Å². The van der Waals surface area contributed by atoms with Gasteiger partial charge in [0.1, 0.15) is 0 Å². The Hall–Kier alpha value is -11.6. The Labute approximate surface area is 469 Å². The van der Waals surface area contributed by atoms with Gasteiger partial charge in [0.05, 0.1) is 57.3 Å². The number of aromatic nitrogens is 3. The number of fused-ring (bicyclic) bond motifs is 3. The first-order chi connectivity index (χ1) is 40.0. The summed E-state index contributed by atoms with van der Waals surface area (Å²) in [5.74, 6) is 0.477. The van der Waals surface area contributed by atoms with Crippen LogP contribution < -0.4 is 9.80 Å². The highest BCUT2D eigenvalue weighted by molar-refractivity contribution is 6.12. The Morgan fingerprint density at radius 2 is 0.704 bits per heavy atom. The first-order valence-electron chi connectivity index (χ1n) is 26.5. The van der Waals surface area contributed by atoms with Gasteiger partial charge in [-0.2, -0.15) is 15.8 Å². The Balaban J connectivity index is 0.851. The van der Waals surface area contributed by atoms with E-state index in [-0.39, 0.29) is 0 Å². The van der Waals surface area contributed by atoms with Gasteiger partial charge < -0.3 is 14.4 Å². The molecule has 11 aromatic carbocycles. The smallest absolute Gasteiger partial charge is 0.160 e. The molecule has 0 radical (unpaired) electrons. The fraction of sp³-hybridized carbons (Fsp3) is 0. The van der Waals surface area contributed by atoms with Gasteiger partial charge in [0.15, 0.2) is 5.82 Å². The minimum absolute atomic E-state index is 0.477. The zero-order chi connectivity index (χ0) is 54.7. The van der Waals surface area contributed by atoms with Gasteiger partial charge in [0.2, 0.25) is 0 Å². The molecule has 0 N–H and O–H groups in total. The van der Waals surface area contributed by atoms with E-state index in [0.717, 1.165) is 101 Å². The van der Waals surface area contributed by atoms with Crippen LogP contribution in [-0.2, 0) is 0 Å². The maximum Gasteiger partial charge on any atom is 0.160 e. The van der Waals surface area contributed by atoms with Crippen molar-refractivity contribution < 1.29 is 0 Å². The van der Waals surface area contributed by atoms with Crippen molar-refractivity contribution in [1.29, 1.82) is 15.8 Å². The van der Waals surface area contributed by atoms with Crippen molar-refractivity contribution in [2.75, 3.05) is 9.80 Å². The predicted molar refractivity (Wildman–Crippen MR) is 327 cm³/mol. The molecule has 0 aliphatic carbocycles. The summed E-state index contributed by atoms with van der Waals surface area (Å²) in [4.78, 5) is 14.5. The molecule has 13 rings (SSSR count). The minimum Gasteiger partial charge on any atom is -0.310 e. The molecule has 2 aromatic heterocycles. The lowest BCUT2D eigenvalue weighted by atomic mass is 9.95. The number of nitrogens with zero attached hydrogens (tertiary/aromatic N) is 8. The van der Waals surface area contributed by atoms with E-state index in [4.69, 9.17) is 9.97 Å². The molecule has 8 nitrogen and oxygen atoms in total. The monoisotopic (exact) mass is 1030 g/mol. The lowest BCUT2D eigenvalue weighted by molar-refractivity contribution is 1.18. The van der Waals surface area contributed by atoms with Gasteiger partial charge in [-0.3, -0.25) is 0 Å². The first kappa shape index (κ1) is 49.0. The number of rotatable bonds is 12. The molecule has 0 saturated heterocycles. The van der Waals surface area contributed by atoms with Crippen LogP contribution in [0.25, 0.3) is 83.6 Å². The van der Waals surface area contributed by atoms with Crippen LogP contribution in [0, 0.1) is 34.0 Å². The van der Waals surface area contributed by atoms with Crippen molar-refractivity contribution in [3.8, 4) is 80.1 Å². The van der Waals surface area contributed by atoms with E-state index in [0.29, 0.717) is 33.9 Å². The topological polar surface area (TPSA) is 109 Å². The summed E-state index contributed by atoms with van der Waals surface area (Å²) in [5.41, 5.74) is 18.7. The van der Waals surface area contributed by atoms with Crippen LogP contribution in [0.2, 0.25) is 0 Å². The fourth-order valence-corrected chi connectivity index (χ4v) is 10.7. The molecule has 0 spiro atoms. The van der Waals surface area contributed by atoms with Crippen molar-refractivity contribution >= 4 is 55.9 Å². The number of para-hydroxylation sites is 4. The molecular formula is C73H46N8. The molecule has 0 unspecified atom stereocenters. The zero-order valence-corrected chi connectivity index (χ0v) is 43.6. The van der Waals surface area contributed by atoms with Gasteiger partial charge in [0, 0.05) is 67.3 Å². The maximum absolute atomic E-state index is 10.6. The molecule has 0 aliphatic heterocycles. The largest absolute Gasteiger partial charge is 0.310 e. The van der Waals surface area contributed by atoms with Gasteiger partial charge >= 0.3 is 0 Å². The van der Waals surface area contributed by atoms with E-state index in [2.05, 4.69) is 239 Å². The van der Waals surface area contributed by atoms with E-state index < -0.39 is 0 Å². The molecular weight excluding hydrogens is 989 g/mol. The van der Waals surface area contributed by atoms with E-state index >= 15 is 0 Å². The summed E-state index contributed by atoms with van der Waals surface area (Å²) >= 11 is 0. The van der Waals surface area contributed by atoms with Gasteiger partial charge in [-0.25, -0.2) is 9.97 Å². The Morgan fingerprint density at radius 3 is 1.15 bits per heavy atom. The van der Waals surface area contributed by atoms with Gasteiger partial charge in [-0.15, -0.1) is 0 Å². The summed E-state index contributed by atoms with van der Waals surface area (Å²) in [7, 11) is 0. The van der Waals surface area contributed by atoms with Crippen LogP contribution in [-0.4, -0.2) is 14.5 Å². The Kier molecular flexibility index (Phi) is 12.9. The maximum atomic E-state index is 10.6. The molecule has 13 aromatic rings. The summed E-state index contributed by atoms with van der Waals surface area (Å²) in [5, 5.41) is 31.7.